The second-order valence-electron chi connectivity index (χ2n) is 3.62. The van der Waals surface area contributed by atoms with Crippen LogP contribution in [0.5, 0.6) is 0 Å². The first-order chi connectivity index (χ1) is 8.06. The van der Waals surface area contributed by atoms with Crippen LogP contribution in [0.3, 0.4) is 0 Å². The Morgan fingerprint density at radius 3 is 2.82 bits per heavy atom. The van der Waals surface area contributed by atoms with Gasteiger partial charge in [0.25, 0.3) is 0 Å². The average Bonchev–Trinajstić information content (AvgIpc) is 2.69. The highest BCUT2D eigenvalue weighted by atomic mass is 19.1. The molecule has 1 atom stereocenters. The van der Waals surface area contributed by atoms with Crippen molar-refractivity contribution in [1.82, 2.24) is 10.3 Å². The second kappa shape index (κ2) is 4.44. The Kier molecular flexibility index (Phi) is 2.99. The van der Waals surface area contributed by atoms with Gasteiger partial charge in [-0.15, -0.1) is 0 Å². The highest BCUT2D eigenvalue weighted by Crippen LogP contribution is 2.14. The highest BCUT2D eigenvalue weighted by Gasteiger charge is 2.27. The molecule has 1 unspecified atom stereocenters. The molecule has 0 bridgehead atoms. The maximum atomic E-state index is 13.1. The first-order valence-electron chi connectivity index (χ1n) is 4.98. The van der Waals surface area contributed by atoms with Gasteiger partial charge >= 0.3 is 0 Å². The molecule has 90 valence electrons. The van der Waals surface area contributed by atoms with Gasteiger partial charge in [0.1, 0.15) is 6.04 Å². The number of pyridine rings is 1. The van der Waals surface area contributed by atoms with E-state index in [-0.39, 0.29) is 18.0 Å². The lowest BCUT2D eigenvalue weighted by Gasteiger charge is -2.10. The van der Waals surface area contributed by atoms with E-state index >= 15 is 0 Å². The first kappa shape index (κ1) is 11.4. The molecule has 0 aromatic carbocycles. The van der Waals surface area contributed by atoms with Crippen LogP contribution in [0.1, 0.15) is 12.8 Å². The largest absolute Gasteiger partial charge is 0.344 e. The third-order valence-corrected chi connectivity index (χ3v) is 2.38. The number of rotatable bonds is 2. The van der Waals surface area contributed by atoms with E-state index in [9.17, 15) is 18.4 Å². The van der Waals surface area contributed by atoms with E-state index in [1.54, 1.807) is 0 Å². The van der Waals surface area contributed by atoms with Crippen molar-refractivity contribution in [3.8, 4) is 0 Å². The van der Waals surface area contributed by atoms with E-state index in [1.807, 2.05) is 0 Å². The molecule has 1 aromatic heterocycles. The van der Waals surface area contributed by atoms with Crippen molar-refractivity contribution in [2.75, 3.05) is 5.32 Å². The number of halogens is 2. The maximum Gasteiger partial charge on any atom is 0.247 e. The minimum absolute atomic E-state index is 0.211. The fourth-order valence-corrected chi connectivity index (χ4v) is 1.54. The summed E-state index contributed by atoms with van der Waals surface area (Å²) in [4.78, 5) is 25.4. The predicted octanol–water partition coefficient (Wildman–Crippen LogP) is 0.577. The smallest absolute Gasteiger partial charge is 0.247 e. The summed E-state index contributed by atoms with van der Waals surface area (Å²) in [5, 5.41) is 4.68. The molecule has 2 N–H and O–H groups in total. The predicted molar refractivity (Wildman–Crippen MR) is 53.9 cm³/mol. The lowest BCUT2D eigenvalue weighted by atomic mass is 10.2. The third kappa shape index (κ3) is 2.55. The zero-order chi connectivity index (χ0) is 12.4. The van der Waals surface area contributed by atoms with Crippen molar-refractivity contribution in [2.24, 2.45) is 0 Å². The number of aromatic nitrogens is 1. The topological polar surface area (TPSA) is 71.1 Å². The van der Waals surface area contributed by atoms with Crippen molar-refractivity contribution < 1.29 is 18.4 Å². The van der Waals surface area contributed by atoms with Crippen molar-refractivity contribution in [3.63, 3.8) is 0 Å². The molecule has 7 heteroatoms. The van der Waals surface area contributed by atoms with E-state index in [2.05, 4.69) is 15.6 Å². The molecule has 0 saturated carbocycles. The van der Waals surface area contributed by atoms with E-state index in [4.69, 9.17) is 0 Å². The second-order valence-corrected chi connectivity index (χ2v) is 3.62. The van der Waals surface area contributed by atoms with Gasteiger partial charge in [0.15, 0.2) is 0 Å². The molecule has 2 heterocycles. The average molecular weight is 241 g/mol. The molecule has 0 spiro atoms. The molecule has 1 fully saturated rings. The molecule has 1 saturated heterocycles. The number of carbonyl (C=O) groups excluding carboxylic acids is 2. The summed E-state index contributed by atoms with van der Waals surface area (Å²) in [7, 11) is 0. The number of nitrogens with zero attached hydrogens (tertiary/aromatic N) is 1. The quantitative estimate of drug-likeness (QED) is 0.744. The summed E-state index contributed by atoms with van der Waals surface area (Å²) in [5.74, 6) is -2.82. The Hall–Kier alpha value is -2.05. The summed E-state index contributed by atoms with van der Waals surface area (Å²) < 4.78 is 25.6. The van der Waals surface area contributed by atoms with Crippen molar-refractivity contribution in [3.05, 3.63) is 24.0 Å². The fraction of sp³-hybridized carbons (Fsp3) is 0.300. The Morgan fingerprint density at radius 1 is 1.47 bits per heavy atom. The number of amides is 2. The van der Waals surface area contributed by atoms with Crippen LogP contribution in [0, 0.1) is 11.9 Å². The molecule has 17 heavy (non-hydrogen) atoms. The summed E-state index contributed by atoms with van der Waals surface area (Å²) in [6.45, 7) is 0. The molecular formula is C10H9F2N3O2. The Bertz CT molecular complexity index is 479. The molecule has 1 aliphatic heterocycles. The van der Waals surface area contributed by atoms with Crippen LogP contribution >= 0.6 is 0 Å². The molecule has 0 radical (unpaired) electrons. The van der Waals surface area contributed by atoms with Crippen molar-refractivity contribution in [2.45, 2.75) is 18.9 Å². The Morgan fingerprint density at radius 2 is 2.24 bits per heavy atom. The van der Waals surface area contributed by atoms with Crippen LogP contribution in [-0.2, 0) is 9.59 Å². The van der Waals surface area contributed by atoms with E-state index in [0.717, 1.165) is 12.1 Å². The fourth-order valence-electron chi connectivity index (χ4n) is 1.54. The molecule has 2 amide bonds. The number of hydrogen-bond donors (Lipinski definition) is 2. The van der Waals surface area contributed by atoms with Gasteiger partial charge in [-0.25, -0.2) is 0 Å². The number of hydrogen-bond acceptors (Lipinski definition) is 3. The minimum atomic E-state index is -1.09. The lowest BCUT2D eigenvalue weighted by molar-refractivity contribution is -0.122. The Labute approximate surface area is 95.2 Å². The van der Waals surface area contributed by atoms with Crippen LogP contribution in [0.15, 0.2) is 12.1 Å². The van der Waals surface area contributed by atoms with Crippen LogP contribution in [0.25, 0.3) is 0 Å². The van der Waals surface area contributed by atoms with Crippen LogP contribution in [0.4, 0.5) is 14.5 Å². The molecule has 1 aliphatic rings. The van der Waals surface area contributed by atoms with Gasteiger partial charge in [0.2, 0.25) is 23.7 Å². The van der Waals surface area contributed by atoms with Crippen LogP contribution < -0.4 is 10.6 Å². The van der Waals surface area contributed by atoms with Crippen molar-refractivity contribution in [1.29, 1.82) is 0 Å². The lowest BCUT2D eigenvalue weighted by Crippen LogP contribution is -2.37. The zero-order valence-electron chi connectivity index (χ0n) is 8.67. The third-order valence-electron chi connectivity index (χ3n) is 2.38. The van der Waals surface area contributed by atoms with Gasteiger partial charge in [0.05, 0.1) is 5.69 Å². The first-order valence-corrected chi connectivity index (χ1v) is 4.98. The highest BCUT2D eigenvalue weighted by molar-refractivity contribution is 5.98. The van der Waals surface area contributed by atoms with Crippen molar-refractivity contribution >= 4 is 17.5 Å². The number of carbonyl (C=O) groups is 2. The summed E-state index contributed by atoms with van der Waals surface area (Å²) >= 11 is 0. The summed E-state index contributed by atoms with van der Waals surface area (Å²) in [6, 6.07) is 1.34. The monoisotopic (exact) mass is 241 g/mol. The molecular weight excluding hydrogens is 232 g/mol. The number of anilines is 1. The zero-order valence-corrected chi connectivity index (χ0v) is 8.67. The summed E-state index contributed by atoms with van der Waals surface area (Å²) in [5.41, 5.74) is -0.211. The normalized spacial score (nSPS) is 18.9. The maximum absolute atomic E-state index is 13.1. The van der Waals surface area contributed by atoms with E-state index < -0.39 is 23.8 Å². The van der Waals surface area contributed by atoms with E-state index in [0.29, 0.717) is 6.42 Å². The molecule has 1 aromatic rings. The van der Waals surface area contributed by atoms with Crippen LogP contribution in [-0.4, -0.2) is 22.8 Å². The van der Waals surface area contributed by atoms with Gasteiger partial charge in [-0.1, -0.05) is 0 Å². The van der Waals surface area contributed by atoms with Gasteiger partial charge in [0, 0.05) is 6.42 Å². The molecule has 5 nitrogen and oxygen atoms in total. The van der Waals surface area contributed by atoms with E-state index in [1.165, 1.54) is 0 Å². The minimum Gasteiger partial charge on any atom is -0.344 e. The summed E-state index contributed by atoms with van der Waals surface area (Å²) in [6.07, 6.45) is 0.628. The van der Waals surface area contributed by atoms with Gasteiger partial charge in [-0.05, 0) is 18.6 Å². The van der Waals surface area contributed by atoms with Gasteiger partial charge in [-0.2, -0.15) is 13.8 Å². The number of nitrogens with one attached hydrogen (secondary N) is 2. The Balaban J connectivity index is 2.05. The van der Waals surface area contributed by atoms with Crippen LogP contribution in [0.2, 0.25) is 0 Å². The van der Waals surface area contributed by atoms with Gasteiger partial charge in [-0.3, -0.25) is 9.59 Å². The van der Waals surface area contributed by atoms with Gasteiger partial charge < -0.3 is 10.6 Å². The SMILES string of the molecule is O=C1CCC(C(=O)Nc2ccc(F)nc2F)N1. The molecule has 2 rings (SSSR count). The standard InChI is InChI=1S/C10H9F2N3O2/c11-7-3-1-5(9(12)15-7)14-10(17)6-2-4-8(16)13-6/h1,3,6H,2,4H2,(H,13,16)(H,14,17). The molecule has 0 aliphatic carbocycles.